The lowest BCUT2D eigenvalue weighted by atomic mass is 10.2. The van der Waals surface area contributed by atoms with Crippen molar-refractivity contribution < 1.29 is 18.8 Å². The van der Waals surface area contributed by atoms with Crippen molar-refractivity contribution in [3.8, 4) is 17.2 Å². The van der Waals surface area contributed by atoms with Gasteiger partial charge in [-0.15, -0.1) is 0 Å². The Kier molecular flexibility index (Phi) is 4.05. The molecule has 0 aliphatic heterocycles. The number of hydrogen-bond acceptors (Lipinski definition) is 4. The van der Waals surface area contributed by atoms with E-state index in [2.05, 4.69) is 0 Å². The molecule has 2 aromatic carbocycles. The van der Waals surface area contributed by atoms with Crippen LogP contribution in [0.25, 0.3) is 0 Å². The van der Waals surface area contributed by atoms with Crippen molar-refractivity contribution in [2.75, 3.05) is 7.11 Å². The summed E-state index contributed by atoms with van der Waals surface area (Å²) in [7, 11) is 1.34. The molecule has 0 N–H and O–H groups in total. The predicted octanol–water partition coefficient (Wildman–Crippen LogP) is 4.19. The largest absolute Gasteiger partial charge is 0.490 e. The number of benzene rings is 2. The molecule has 0 amide bonds. The lowest BCUT2D eigenvalue weighted by Crippen LogP contribution is -1.94. The molecule has 0 fully saturated rings. The van der Waals surface area contributed by atoms with Gasteiger partial charge in [-0.2, -0.15) is 0 Å². The topological polar surface area (TPSA) is 61.6 Å². The van der Waals surface area contributed by atoms with Crippen molar-refractivity contribution in [2.45, 2.75) is 0 Å². The number of methoxy groups -OCH3 is 1. The van der Waals surface area contributed by atoms with Crippen LogP contribution in [0.4, 0.5) is 10.1 Å². The first-order valence-corrected chi connectivity index (χ1v) is 5.84. The number of nitro benzene ring substituents is 1. The summed E-state index contributed by atoms with van der Waals surface area (Å²) in [4.78, 5) is 10.3. The third-order valence-corrected chi connectivity index (χ3v) is 2.76. The fourth-order valence-electron chi connectivity index (χ4n) is 1.55. The maximum Gasteiger partial charge on any atom is 0.314 e. The van der Waals surface area contributed by atoms with E-state index in [0.717, 1.165) is 6.07 Å². The lowest BCUT2D eigenvalue weighted by molar-refractivity contribution is -0.385. The molecule has 2 rings (SSSR count). The van der Waals surface area contributed by atoms with Gasteiger partial charge in [-0.25, -0.2) is 4.39 Å². The van der Waals surface area contributed by atoms with Crippen LogP contribution in [0, 0.1) is 15.9 Å². The van der Waals surface area contributed by atoms with Crippen molar-refractivity contribution in [1.29, 1.82) is 0 Å². The fourth-order valence-corrected chi connectivity index (χ4v) is 1.72. The first-order chi connectivity index (χ1) is 9.51. The average Bonchev–Trinajstić information content (AvgIpc) is 2.43. The van der Waals surface area contributed by atoms with Crippen molar-refractivity contribution >= 4 is 17.3 Å². The third-order valence-electron chi connectivity index (χ3n) is 2.47. The maximum absolute atomic E-state index is 13.0. The highest BCUT2D eigenvalue weighted by molar-refractivity contribution is 6.30. The lowest BCUT2D eigenvalue weighted by Gasteiger charge is -2.07. The number of halogens is 2. The SMILES string of the molecule is COc1ccc(Oc2ccc(F)c(Cl)c2)cc1[N+](=O)[O-]. The van der Waals surface area contributed by atoms with Gasteiger partial charge in [0.25, 0.3) is 0 Å². The van der Waals surface area contributed by atoms with Crippen LogP contribution in [0.2, 0.25) is 5.02 Å². The quantitative estimate of drug-likeness (QED) is 0.627. The Labute approximate surface area is 118 Å². The van der Waals surface area contributed by atoms with Gasteiger partial charge >= 0.3 is 5.69 Å². The molecule has 20 heavy (non-hydrogen) atoms. The van der Waals surface area contributed by atoms with Crippen molar-refractivity contribution in [3.05, 3.63) is 57.4 Å². The van der Waals surface area contributed by atoms with Gasteiger partial charge in [-0.3, -0.25) is 10.1 Å². The number of nitro groups is 1. The zero-order chi connectivity index (χ0) is 14.7. The fraction of sp³-hybridized carbons (Fsp3) is 0.0769. The van der Waals surface area contributed by atoms with Crippen molar-refractivity contribution in [2.24, 2.45) is 0 Å². The van der Waals surface area contributed by atoms with Crippen LogP contribution in [0.15, 0.2) is 36.4 Å². The summed E-state index contributed by atoms with van der Waals surface area (Å²) in [5, 5.41) is 10.8. The van der Waals surface area contributed by atoms with E-state index in [0.29, 0.717) is 0 Å². The van der Waals surface area contributed by atoms with Gasteiger partial charge in [0.05, 0.1) is 23.1 Å². The summed E-state index contributed by atoms with van der Waals surface area (Å²) in [6.07, 6.45) is 0. The van der Waals surface area contributed by atoms with Gasteiger partial charge in [-0.05, 0) is 24.3 Å². The smallest absolute Gasteiger partial charge is 0.314 e. The molecular formula is C13H9ClFNO4. The van der Waals surface area contributed by atoms with Crippen LogP contribution in [0.3, 0.4) is 0 Å². The molecule has 0 saturated heterocycles. The van der Waals surface area contributed by atoms with E-state index >= 15 is 0 Å². The number of hydrogen-bond donors (Lipinski definition) is 0. The molecule has 0 atom stereocenters. The monoisotopic (exact) mass is 297 g/mol. The summed E-state index contributed by atoms with van der Waals surface area (Å²) in [5.74, 6) is 0.0512. The van der Waals surface area contributed by atoms with Crippen LogP contribution in [0.5, 0.6) is 17.2 Å². The molecule has 5 nitrogen and oxygen atoms in total. The van der Waals surface area contributed by atoms with Gasteiger partial charge in [0.2, 0.25) is 0 Å². The van der Waals surface area contributed by atoms with Gasteiger partial charge in [0.15, 0.2) is 5.75 Å². The Balaban J connectivity index is 2.31. The second kappa shape index (κ2) is 5.75. The van der Waals surface area contributed by atoms with Crippen molar-refractivity contribution in [3.63, 3.8) is 0 Å². The molecule has 0 aliphatic carbocycles. The second-order valence-electron chi connectivity index (χ2n) is 3.77. The van der Waals surface area contributed by atoms with Gasteiger partial charge < -0.3 is 9.47 Å². The summed E-state index contributed by atoms with van der Waals surface area (Å²) >= 11 is 5.63. The molecule has 0 bridgehead atoms. The van der Waals surface area contributed by atoms with Crippen molar-refractivity contribution in [1.82, 2.24) is 0 Å². The molecule has 0 aromatic heterocycles. The normalized spacial score (nSPS) is 10.2. The molecule has 0 heterocycles. The van der Waals surface area contributed by atoms with E-state index in [9.17, 15) is 14.5 Å². The summed E-state index contributed by atoms with van der Waals surface area (Å²) in [6.45, 7) is 0. The highest BCUT2D eigenvalue weighted by Crippen LogP contribution is 2.33. The van der Waals surface area contributed by atoms with Crippen LogP contribution in [-0.2, 0) is 0 Å². The van der Waals surface area contributed by atoms with E-state index in [-0.39, 0.29) is 28.0 Å². The Bertz CT molecular complexity index is 663. The maximum atomic E-state index is 13.0. The minimum atomic E-state index is -0.580. The molecule has 0 radical (unpaired) electrons. The zero-order valence-electron chi connectivity index (χ0n) is 10.3. The molecule has 0 aliphatic rings. The molecule has 0 spiro atoms. The van der Waals surface area contributed by atoms with E-state index in [4.69, 9.17) is 21.1 Å². The second-order valence-corrected chi connectivity index (χ2v) is 4.18. The summed E-state index contributed by atoms with van der Waals surface area (Å²) < 4.78 is 23.3. The first kappa shape index (κ1) is 14.1. The number of nitrogens with zero attached hydrogens (tertiary/aromatic N) is 1. The Morgan fingerprint density at radius 1 is 1.20 bits per heavy atom. The van der Waals surface area contributed by atoms with Gasteiger partial charge in [-0.1, -0.05) is 11.6 Å². The average molecular weight is 298 g/mol. The standard InChI is InChI=1S/C13H9ClFNO4/c1-19-13-5-3-9(7-12(13)16(17)18)20-8-2-4-11(15)10(14)6-8/h2-7H,1H3. The van der Waals surface area contributed by atoms with E-state index in [1.165, 1.54) is 37.4 Å². The van der Waals surface area contributed by atoms with Crippen LogP contribution >= 0.6 is 11.6 Å². The van der Waals surface area contributed by atoms with E-state index < -0.39 is 10.7 Å². The van der Waals surface area contributed by atoms with Crippen LogP contribution in [-0.4, -0.2) is 12.0 Å². The van der Waals surface area contributed by atoms with Crippen LogP contribution < -0.4 is 9.47 Å². The molecule has 2 aromatic rings. The Hall–Kier alpha value is -2.34. The molecular weight excluding hydrogens is 289 g/mol. The van der Waals surface area contributed by atoms with Crippen LogP contribution in [0.1, 0.15) is 0 Å². The molecule has 7 heteroatoms. The minimum Gasteiger partial charge on any atom is -0.490 e. The summed E-state index contributed by atoms with van der Waals surface area (Å²) in [5.41, 5.74) is -0.224. The highest BCUT2D eigenvalue weighted by atomic mass is 35.5. The van der Waals surface area contributed by atoms with Gasteiger partial charge in [0, 0.05) is 6.07 Å². The third kappa shape index (κ3) is 2.97. The highest BCUT2D eigenvalue weighted by Gasteiger charge is 2.16. The minimum absolute atomic E-state index is 0.0921. The Morgan fingerprint density at radius 2 is 1.85 bits per heavy atom. The van der Waals surface area contributed by atoms with E-state index in [1.807, 2.05) is 0 Å². The Morgan fingerprint density at radius 3 is 2.45 bits per heavy atom. The predicted molar refractivity (Wildman–Crippen MR) is 71.1 cm³/mol. The van der Waals surface area contributed by atoms with E-state index in [1.54, 1.807) is 0 Å². The van der Waals surface area contributed by atoms with Gasteiger partial charge in [0.1, 0.15) is 17.3 Å². The zero-order valence-corrected chi connectivity index (χ0v) is 11.1. The molecule has 104 valence electrons. The molecule has 0 saturated carbocycles. The number of ether oxygens (including phenoxy) is 2. The summed E-state index contributed by atoms with van der Waals surface area (Å²) in [6, 6.07) is 7.94. The first-order valence-electron chi connectivity index (χ1n) is 5.46. The number of rotatable bonds is 4. The molecule has 0 unspecified atom stereocenters.